The molecule has 1 aliphatic rings. The minimum atomic E-state index is -0.116. The maximum Gasteiger partial charge on any atom is 0.265 e. The molecule has 0 saturated carbocycles. The number of anilines is 2. The van der Waals surface area contributed by atoms with E-state index in [1.165, 1.54) is 0 Å². The molecule has 0 saturated heterocycles. The van der Waals surface area contributed by atoms with Gasteiger partial charge in [-0.25, -0.2) is 0 Å². The van der Waals surface area contributed by atoms with Crippen molar-refractivity contribution in [1.82, 2.24) is 0 Å². The van der Waals surface area contributed by atoms with E-state index >= 15 is 0 Å². The molecule has 1 aliphatic heterocycles. The third-order valence-corrected chi connectivity index (χ3v) is 4.54. The lowest BCUT2D eigenvalue weighted by molar-refractivity contribution is -0.121. The Morgan fingerprint density at radius 2 is 1.92 bits per heavy atom. The number of fused-ring (bicyclic) bond motifs is 1. The quantitative estimate of drug-likeness (QED) is 0.828. The van der Waals surface area contributed by atoms with E-state index in [1.54, 1.807) is 9.80 Å². The van der Waals surface area contributed by atoms with Crippen molar-refractivity contribution >= 4 is 23.2 Å². The van der Waals surface area contributed by atoms with Crippen LogP contribution in [0.1, 0.15) is 24.5 Å². The average Bonchev–Trinajstić information content (AvgIpc) is 2.61. The summed E-state index contributed by atoms with van der Waals surface area (Å²) < 4.78 is 5.49. The summed E-state index contributed by atoms with van der Waals surface area (Å²) >= 11 is 0. The number of carbonyl (C=O) groups is 2. The zero-order chi connectivity index (χ0) is 18.7. The van der Waals surface area contributed by atoms with E-state index in [1.807, 2.05) is 63.2 Å². The third-order valence-electron chi connectivity index (χ3n) is 4.54. The first-order chi connectivity index (χ1) is 12.5. The number of hydrogen-bond acceptors (Lipinski definition) is 3. The number of benzene rings is 2. The van der Waals surface area contributed by atoms with E-state index in [0.717, 1.165) is 22.5 Å². The summed E-state index contributed by atoms with van der Waals surface area (Å²) in [6, 6.07) is 13.6. The van der Waals surface area contributed by atoms with Crippen LogP contribution in [-0.2, 0) is 9.59 Å². The van der Waals surface area contributed by atoms with E-state index in [2.05, 4.69) is 0 Å². The summed E-state index contributed by atoms with van der Waals surface area (Å²) in [5, 5.41) is 0. The Bertz CT molecular complexity index is 832. The number of nitrogens with zero attached hydrogens (tertiary/aromatic N) is 2. The Labute approximate surface area is 154 Å². The summed E-state index contributed by atoms with van der Waals surface area (Å²) in [6.07, 6.45) is 0.265. The average molecular weight is 352 g/mol. The summed E-state index contributed by atoms with van der Waals surface area (Å²) in [5.74, 6) is 0.578. The maximum absolute atomic E-state index is 12.8. The van der Waals surface area contributed by atoms with Gasteiger partial charge in [-0.15, -0.1) is 0 Å². The van der Waals surface area contributed by atoms with Crippen molar-refractivity contribution in [1.29, 1.82) is 0 Å². The van der Waals surface area contributed by atoms with Gasteiger partial charge >= 0.3 is 0 Å². The molecule has 2 aromatic rings. The highest BCUT2D eigenvalue weighted by atomic mass is 16.5. The molecule has 1 heterocycles. The third kappa shape index (κ3) is 3.72. The topological polar surface area (TPSA) is 49.9 Å². The van der Waals surface area contributed by atoms with Crippen molar-refractivity contribution in [3.8, 4) is 5.75 Å². The molecular weight excluding hydrogens is 328 g/mol. The Balaban J connectivity index is 1.75. The van der Waals surface area contributed by atoms with Crippen LogP contribution in [-0.4, -0.2) is 31.5 Å². The van der Waals surface area contributed by atoms with Crippen LogP contribution >= 0.6 is 0 Å². The molecule has 0 aliphatic carbocycles. The molecule has 5 nitrogen and oxygen atoms in total. The molecule has 0 unspecified atom stereocenters. The van der Waals surface area contributed by atoms with E-state index < -0.39 is 0 Å². The lowest BCUT2D eigenvalue weighted by Crippen LogP contribution is -2.41. The van der Waals surface area contributed by atoms with Gasteiger partial charge in [0.15, 0.2) is 6.61 Å². The highest BCUT2D eigenvalue weighted by Gasteiger charge is 2.26. The van der Waals surface area contributed by atoms with Crippen LogP contribution in [0.4, 0.5) is 11.4 Å². The van der Waals surface area contributed by atoms with Crippen LogP contribution in [0.3, 0.4) is 0 Å². The predicted octanol–water partition coefficient (Wildman–Crippen LogP) is 3.47. The second kappa shape index (κ2) is 7.60. The van der Waals surface area contributed by atoms with Crippen LogP contribution < -0.4 is 14.5 Å². The summed E-state index contributed by atoms with van der Waals surface area (Å²) in [5.41, 5.74) is 3.80. The molecule has 5 heteroatoms. The SMILES string of the molecule is CCN(C(=O)CCN1C(=O)COc2ccc(C)cc21)c1cccc(C)c1. The lowest BCUT2D eigenvalue weighted by Gasteiger charge is -2.30. The zero-order valence-electron chi connectivity index (χ0n) is 15.5. The largest absolute Gasteiger partial charge is 0.482 e. The lowest BCUT2D eigenvalue weighted by atomic mass is 10.1. The van der Waals surface area contributed by atoms with Gasteiger partial charge < -0.3 is 14.5 Å². The standard InChI is InChI=1S/C21H24N2O3/c1-4-22(17-7-5-6-15(2)12-17)20(24)10-11-23-18-13-16(3)8-9-19(18)26-14-21(23)25/h5-9,12-13H,4,10-11,14H2,1-3H3. The number of rotatable bonds is 5. The Kier molecular flexibility index (Phi) is 5.26. The van der Waals surface area contributed by atoms with Gasteiger partial charge in [-0.05, 0) is 56.2 Å². The molecule has 0 fully saturated rings. The molecule has 0 aromatic heterocycles. The number of hydrogen-bond donors (Lipinski definition) is 0. The fourth-order valence-electron chi connectivity index (χ4n) is 3.20. The number of aryl methyl sites for hydroxylation is 2. The van der Waals surface area contributed by atoms with Gasteiger partial charge in [0.05, 0.1) is 5.69 Å². The van der Waals surface area contributed by atoms with Crippen molar-refractivity contribution in [2.24, 2.45) is 0 Å². The molecule has 2 aromatic carbocycles. The molecule has 136 valence electrons. The first kappa shape index (κ1) is 18.0. The van der Waals surface area contributed by atoms with Gasteiger partial charge in [0.2, 0.25) is 5.91 Å². The molecular formula is C21H24N2O3. The smallest absolute Gasteiger partial charge is 0.265 e. The molecule has 2 amide bonds. The van der Waals surface area contributed by atoms with Crippen LogP contribution in [0.2, 0.25) is 0 Å². The fourth-order valence-corrected chi connectivity index (χ4v) is 3.20. The van der Waals surface area contributed by atoms with E-state index in [0.29, 0.717) is 18.8 Å². The second-order valence-corrected chi connectivity index (χ2v) is 6.53. The van der Waals surface area contributed by atoms with Crippen LogP contribution in [0.25, 0.3) is 0 Å². The first-order valence-electron chi connectivity index (χ1n) is 8.90. The minimum absolute atomic E-state index is 0.00611. The van der Waals surface area contributed by atoms with Crippen molar-refractivity contribution in [3.63, 3.8) is 0 Å². The van der Waals surface area contributed by atoms with Gasteiger partial charge in [0.25, 0.3) is 5.91 Å². The Morgan fingerprint density at radius 1 is 1.15 bits per heavy atom. The molecule has 0 spiro atoms. The maximum atomic E-state index is 12.8. The van der Waals surface area contributed by atoms with E-state index in [4.69, 9.17) is 4.74 Å². The van der Waals surface area contributed by atoms with Crippen molar-refractivity contribution < 1.29 is 14.3 Å². The summed E-state index contributed by atoms with van der Waals surface area (Å²) in [4.78, 5) is 28.5. The Morgan fingerprint density at radius 3 is 2.65 bits per heavy atom. The molecule has 0 radical (unpaired) electrons. The monoisotopic (exact) mass is 352 g/mol. The zero-order valence-corrected chi connectivity index (χ0v) is 15.5. The number of carbonyl (C=O) groups excluding carboxylic acids is 2. The van der Waals surface area contributed by atoms with Gasteiger partial charge in [-0.3, -0.25) is 9.59 Å². The van der Waals surface area contributed by atoms with Crippen molar-refractivity contribution in [2.45, 2.75) is 27.2 Å². The summed E-state index contributed by atoms with van der Waals surface area (Å²) in [7, 11) is 0. The summed E-state index contributed by atoms with van der Waals surface area (Å²) in [6.45, 7) is 6.89. The van der Waals surface area contributed by atoms with Crippen LogP contribution in [0, 0.1) is 13.8 Å². The predicted molar refractivity (Wildman–Crippen MR) is 103 cm³/mol. The minimum Gasteiger partial charge on any atom is -0.482 e. The van der Waals surface area contributed by atoms with Crippen LogP contribution in [0.5, 0.6) is 5.75 Å². The number of amides is 2. The van der Waals surface area contributed by atoms with Gasteiger partial charge in [0, 0.05) is 25.2 Å². The first-order valence-corrected chi connectivity index (χ1v) is 8.90. The Hall–Kier alpha value is -2.82. The molecule has 0 N–H and O–H groups in total. The normalized spacial score (nSPS) is 13.2. The fraction of sp³-hybridized carbons (Fsp3) is 0.333. The van der Waals surface area contributed by atoms with Gasteiger partial charge in [-0.1, -0.05) is 18.2 Å². The molecule has 3 rings (SSSR count). The molecule has 26 heavy (non-hydrogen) atoms. The number of ether oxygens (including phenoxy) is 1. The molecule has 0 atom stereocenters. The van der Waals surface area contributed by atoms with Gasteiger partial charge in [0.1, 0.15) is 5.75 Å². The van der Waals surface area contributed by atoms with Crippen molar-refractivity contribution in [2.75, 3.05) is 29.5 Å². The van der Waals surface area contributed by atoms with E-state index in [9.17, 15) is 9.59 Å². The van der Waals surface area contributed by atoms with Crippen molar-refractivity contribution in [3.05, 3.63) is 53.6 Å². The molecule has 0 bridgehead atoms. The highest BCUT2D eigenvalue weighted by molar-refractivity contribution is 5.99. The van der Waals surface area contributed by atoms with Crippen LogP contribution in [0.15, 0.2) is 42.5 Å². The van der Waals surface area contributed by atoms with Gasteiger partial charge in [-0.2, -0.15) is 0 Å². The van der Waals surface area contributed by atoms with E-state index in [-0.39, 0.29) is 24.8 Å². The highest BCUT2D eigenvalue weighted by Crippen LogP contribution is 2.33. The second-order valence-electron chi connectivity index (χ2n) is 6.53.